The summed E-state index contributed by atoms with van der Waals surface area (Å²) in [7, 11) is -3.87. The van der Waals surface area contributed by atoms with E-state index in [0.717, 1.165) is 42.7 Å². The van der Waals surface area contributed by atoms with E-state index in [2.05, 4.69) is 10.2 Å². The summed E-state index contributed by atoms with van der Waals surface area (Å²) in [5.74, 6) is -0.296. The van der Waals surface area contributed by atoms with Gasteiger partial charge >= 0.3 is 0 Å². The number of hydrogen-bond donors (Lipinski definition) is 1. The minimum atomic E-state index is -3.87. The molecule has 0 saturated carbocycles. The van der Waals surface area contributed by atoms with Crippen molar-refractivity contribution in [3.8, 4) is 0 Å². The van der Waals surface area contributed by atoms with Crippen molar-refractivity contribution >= 4 is 21.6 Å². The third-order valence-corrected chi connectivity index (χ3v) is 7.63. The Morgan fingerprint density at radius 1 is 1.00 bits per heavy atom. The molecular formula is C24H33N3O3S. The maximum Gasteiger partial charge on any atom is 0.264 e. The Hall–Kier alpha value is -2.38. The Morgan fingerprint density at radius 2 is 1.68 bits per heavy atom. The maximum atomic E-state index is 13.4. The monoisotopic (exact) mass is 443 g/mol. The molecule has 3 rings (SSSR count). The van der Waals surface area contributed by atoms with E-state index >= 15 is 0 Å². The molecule has 1 amide bonds. The zero-order chi connectivity index (χ0) is 22.4. The molecule has 0 atom stereocenters. The number of sulfonamides is 1. The van der Waals surface area contributed by atoms with Crippen molar-refractivity contribution in [1.29, 1.82) is 0 Å². The number of hydrogen-bond acceptors (Lipinski definition) is 4. The van der Waals surface area contributed by atoms with Gasteiger partial charge in [-0.15, -0.1) is 0 Å². The number of benzene rings is 2. The van der Waals surface area contributed by atoms with Gasteiger partial charge in [0.2, 0.25) is 5.91 Å². The van der Waals surface area contributed by atoms with Gasteiger partial charge in [-0.25, -0.2) is 8.42 Å². The Balaban J connectivity index is 1.74. The van der Waals surface area contributed by atoms with E-state index in [1.165, 1.54) is 17.1 Å². The molecule has 0 aliphatic carbocycles. The van der Waals surface area contributed by atoms with Crippen LogP contribution in [0.2, 0.25) is 0 Å². The molecule has 31 heavy (non-hydrogen) atoms. The lowest BCUT2D eigenvalue weighted by molar-refractivity contribution is -0.119. The highest BCUT2D eigenvalue weighted by Crippen LogP contribution is 2.26. The van der Waals surface area contributed by atoms with Gasteiger partial charge in [-0.05, 0) is 95.1 Å². The first kappa shape index (κ1) is 23.3. The smallest absolute Gasteiger partial charge is 0.264 e. The van der Waals surface area contributed by atoms with Crippen molar-refractivity contribution in [3.05, 3.63) is 59.2 Å². The first-order valence-electron chi connectivity index (χ1n) is 10.9. The van der Waals surface area contributed by atoms with E-state index in [0.29, 0.717) is 12.2 Å². The number of aryl methyl sites for hydroxylation is 3. The van der Waals surface area contributed by atoms with E-state index in [-0.39, 0.29) is 17.3 Å². The third kappa shape index (κ3) is 6.08. The number of amides is 1. The van der Waals surface area contributed by atoms with Crippen molar-refractivity contribution in [1.82, 2.24) is 10.2 Å². The van der Waals surface area contributed by atoms with Crippen LogP contribution in [0.1, 0.15) is 36.0 Å². The van der Waals surface area contributed by atoms with Gasteiger partial charge in [0, 0.05) is 6.54 Å². The van der Waals surface area contributed by atoms with Crippen molar-refractivity contribution < 1.29 is 13.2 Å². The van der Waals surface area contributed by atoms with Gasteiger partial charge in [-0.2, -0.15) is 0 Å². The molecule has 1 saturated heterocycles. The predicted octanol–water partition coefficient (Wildman–Crippen LogP) is 3.41. The number of rotatable bonds is 9. The Labute approximate surface area is 186 Å². The van der Waals surface area contributed by atoms with Gasteiger partial charge < -0.3 is 10.2 Å². The van der Waals surface area contributed by atoms with E-state index in [1.54, 1.807) is 30.3 Å². The Kier molecular flexibility index (Phi) is 7.73. The zero-order valence-electron chi connectivity index (χ0n) is 18.7. The third-order valence-electron chi connectivity index (χ3n) is 5.85. The quantitative estimate of drug-likeness (QED) is 0.603. The molecule has 0 radical (unpaired) electrons. The van der Waals surface area contributed by atoms with Crippen molar-refractivity contribution in [2.45, 2.75) is 44.9 Å². The fraction of sp³-hybridized carbons (Fsp3) is 0.458. The number of carbonyl (C=O) groups excluding carboxylic acids is 1. The van der Waals surface area contributed by atoms with Gasteiger partial charge in [-0.3, -0.25) is 9.10 Å². The minimum Gasteiger partial charge on any atom is -0.354 e. The molecule has 168 valence electrons. The van der Waals surface area contributed by atoms with Gasteiger partial charge in [0.1, 0.15) is 6.54 Å². The van der Waals surface area contributed by atoms with E-state index < -0.39 is 10.0 Å². The van der Waals surface area contributed by atoms with Crippen LogP contribution in [0.5, 0.6) is 0 Å². The topological polar surface area (TPSA) is 69.7 Å². The molecule has 1 fully saturated rings. The first-order chi connectivity index (χ1) is 14.8. The number of nitrogens with zero attached hydrogens (tertiary/aromatic N) is 2. The number of likely N-dealkylation sites (tertiary alicyclic amines) is 1. The average molecular weight is 444 g/mol. The lowest BCUT2D eigenvalue weighted by Crippen LogP contribution is -2.41. The lowest BCUT2D eigenvalue weighted by atomic mass is 10.1. The molecule has 0 aromatic heterocycles. The fourth-order valence-electron chi connectivity index (χ4n) is 3.76. The van der Waals surface area contributed by atoms with Crippen molar-refractivity contribution in [3.63, 3.8) is 0 Å². The molecule has 0 unspecified atom stereocenters. The molecule has 0 spiro atoms. The van der Waals surface area contributed by atoms with Crippen LogP contribution < -0.4 is 9.62 Å². The average Bonchev–Trinajstić information content (AvgIpc) is 3.25. The summed E-state index contributed by atoms with van der Waals surface area (Å²) in [5.41, 5.74) is 3.53. The van der Waals surface area contributed by atoms with Crippen molar-refractivity contribution in [2.24, 2.45) is 0 Å². The molecule has 1 aliphatic heterocycles. The highest BCUT2D eigenvalue weighted by molar-refractivity contribution is 7.92. The SMILES string of the molecule is Cc1ccc(S(=O)(=O)N(CC(=O)NCCCN2CCCC2)c2ccc(C)c(C)c2)cc1. The standard InChI is InChI=1S/C24H33N3O3S/c1-19-7-11-23(12-8-19)31(29,30)27(22-10-9-20(2)21(3)17-22)18-24(28)25-13-6-16-26-14-4-5-15-26/h7-12,17H,4-6,13-16,18H2,1-3H3,(H,25,28). The number of nitrogens with one attached hydrogen (secondary N) is 1. The summed E-state index contributed by atoms with van der Waals surface area (Å²) in [5, 5.41) is 2.89. The molecule has 2 aromatic carbocycles. The molecule has 7 heteroatoms. The largest absolute Gasteiger partial charge is 0.354 e. The maximum absolute atomic E-state index is 13.4. The van der Waals surface area contributed by atoms with Crippen LogP contribution in [0, 0.1) is 20.8 Å². The molecule has 1 heterocycles. The second kappa shape index (κ2) is 10.3. The summed E-state index contributed by atoms with van der Waals surface area (Å²) in [6.45, 7) is 9.34. The van der Waals surface area contributed by atoms with Crippen LogP contribution >= 0.6 is 0 Å². The number of anilines is 1. The Morgan fingerprint density at radius 3 is 2.32 bits per heavy atom. The molecule has 2 aromatic rings. The fourth-order valence-corrected chi connectivity index (χ4v) is 5.17. The molecule has 1 aliphatic rings. The second-order valence-electron chi connectivity index (χ2n) is 8.35. The van der Waals surface area contributed by atoms with E-state index in [4.69, 9.17) is 0 Å². The molecule has 6 nitrogen and oxygen atoms in total. The van der Waals surface area contributed by atoms with Crippen LogP contribution in [-0.2, 0) is 14.8 Å². The van der Waals surface area contributed by atoms with Gasteiger partial charge in [0.25, 0.3) is 10.0 Å². The van der Waals surface area contributed by atoms with Gasteiger partial charge in [0.15, 0.2) is 0 Å². The summed E-state index contributed by atoms with van der Waals surface area (Å²) in [6.07, 6.45) is 3.35. The molecule has 1 N–H and O–H groups in total. The normalized spacial score (nSPS) is 14.5. The second-order valence-corrected chi connectivity index (χ2v) is 10.2. The predicted molar refractivity (Wildman–Crippen MR) is 125 cm³/mol. The molecule has 0 bridgehead atoms. The van der Waals surface area contributed by atoms with Crippen LogP contribution in [0.3, 0.4) is 0 Å². The summed E-state index contributed by atoms with van der Waals surface area (Å²) in [6, 6.07) is 12.2. The zero-order valence-corrected chi connectivity index (χ0v) is 19.5. The van der Waals surface area contributed by atoms with Gasteiger partial charge in [-0.1, -0.05) is 23.8 Å². The Bertz CT molecular complexity index is 997. The van der Waals surface area contributed by atoms with Crippen molar-refractivity contribution in [2.75, 3.05) is 37.0 Å². The lowest BCUT2D eigenvalue weighted by Gasteiger charge is -2.25. The van der Waals surface area contributed by atoms with Gasteiger partial charge in [0.05, 0.1) is 10.6 Å². The number of carbonyl (C=O) groups is 1. The summed E-state index contributed by atoms with van der Waals surface area (Å²) < 4.78 is 28.0. The van der Waals surface area contributed by atoms with E-state index in [1.807, 2.05) is 32.9 Å². The van der Waals surface area contributed by atoms with Crippen LogP contribution in [0.25, 0.3) is 0 Å². The molecular weight excluding hydrogens is 410 g/mol. The summed E-state index contributed by atoms with van der Waals surface area (Å²) >= 11 is 0. The van der Waals surface area contributed by atoms with Crippen LogP contribution in [0.15, 0.2) is 47.4 Å². The highest BCUT2D eigenvalue weighted by atomic mass is 32.2. The first-order valence-corrected chi connectivity index (χ1v) is 12.4. The van der Waals surface area contributed by atoms with Crippen LogP contribution in [0.4, 0.5) is 5.69 Å². The van der Waals surface area contributed by atoms with E-state index in [9.17, 15) is 13.2 Å². The minimum absolute atomic E-state index is 0.179. The highest BCUT2D eigenvalue weighted by Gasteiger charge is 2.27. The summed E-state index contributed by atoms with van der Waals surface area (Å²) in [4.78, 5) is 15.3. The van der Waals surface area contributed by atoms with Crippen LogP contribution in [-0.4, -0.2) is 51.9 Å².